The van der Waals surface area contributed by atoms with E-state index in [0.29, 0.717) is 5.03 Å². The first kappa shape index (κ1) is 9.90. The molecule has 40 valence electrons. The molecule has 1 aromatic rings. The van der Waals surface area contributed by atoms with E-state index in [2.05, 4.69) is 34.8 Å². The van der Waals surface area contributed by atoms with Crippen molar-refractivity contribution in [3.63, 3.8) is 0 Å². The summed E-state index contributed by atoms with van der Waals surface area (Å²) in [4.78, 5) is 0. The van der Waals surface area contributed by atoms with Crippen molar-refractivity contribution < 1.29 is 0 Å². The molecule has 0 radical (unpaired) electrons. The molecule has 0 N–H and O–H groups in total. The molecular weight excluding hydrogens is 187 g/mol. The third kappa shape index (κ3) is 2.65. The van der Waals surface area contributed by atoms with Gasteiger partial charge in [-0.05, 0) is 11.5 Å². The second kappa shape index (κ2) is 4.67. The standard InChI is InChI=1S/C2H2N2S3.K.H/c5-1-2(6)7-4-3-1;;/h5-6H;;. The van der Waals surface area contributed by atoms with Crippen LogP contribution < -0.4 is 0 Å². The van der Waals surface area contributed by atoms with E-state index in [0.717, 1.165) is 4.21 Å². The van der Waals surface area contributed by atoms with Gasteiger partial charge in [0.25, 0.3) is 0 Å². The molecule has 0 aliphatic heterocycles. The topological polar surface area (TPSA) is 25.8 Å². The Balaban J connectivity index is 0.000000490. The van der Waals surface area contributed by atoms with Gasteiger partial charge in [0, 0.05) is 0 Å². The Labute approximate surface area is 105 Å². The van der Waals surface area contributed by atoms with Crippen molar-refractivity contribution >= 4 is 88.2 Å². The summed E-state index contributed by atoms with van der Waals surface area (Å²) in [5.74, 6) is 0. The number of hydrogen-bond acceptors (Lipinski definition) is 5. The van der Waals surface area contributed by atoms with E-state index in [4.69, 9.17) is 0 Å². The quantitative estimate of drug-likeness (QED) is 0.459. The summed E-state index contributed by atoms with van der Waals surface area (Å²) in [5.41, 5.74) is 0. The van der Waals surface area contributed by atoms with Crippen LogP contribution in [0.25, 0.3) is 0 Å². The molecule has 0 aromatic carbocycles. The summed E-state index contributed by atoms with van der Waals surface area (Å²) < 4.78 is 4.33. The first-order valence-corrected chi connectivity index (χ1v) is 3.18. The van der Waals surface area contributed by atoms with E-state index in [9.17, 15) is 0 Å². The van der Waals surface area contributed by atoms with Gasteiger partial charge in [-0.15, -0.1) is 30.4 Å². The number of aromatic nitrogens is 2. The van der Waals surface area contributed by atoms with E-state index in [1.165, 1.54) is 11.5 Å². The second-order valence-electron chi connectivity index (χ2n) is 0.902. The van der Waals surface area contributed by atoms with Gasteiger partial charge >= 0.3 is 51.4 Å². The van der Waals surface area contributed by atoms with Crippen LogP contribution in [0.15, 0.2) is 9.24 Å². The van der Waals surface area contributed by atoms with Crippen molar-refractivity contribution in [2.75, 3.05) is 0 Å². The van der Waals surface area contributed by atoms with Crippen molar-refractivity contribution in [3.8, 4) is 0 Å². The molecule has 8 heavy (non-hydrogen) atoms. The Kier molecular flexibility index (Phi) is 5.78. The van der Waals surface area contributed by atoms with Crippen LogP contribution in [0.5, 0.6) is 0 Å². The summed E-state index contributed by atoms with van der Waals surface area (Å²) in [6.45, 7) is 0. The molecule has 6 heteroatoms. The zero-order valence-corrected chi connectivity index (χ0v) is 5.80. The predicted molar refractivity (Wildman–Crippen MR) is 41.6 cm³/mol. The zero-order valence-electron chi connectivity index (χ0n) is 3.20. The molecule has 1 rings (SSSR count). The van der Waals surface area contributed by atoms with E-state index in [-0.39, 0.29) is 51.4 Å². The Morgan fingerprint density at radius 3 is 2.12 bits per heavy atom. The second-order valence-corrected chi connectivity index (χ2v) is 2.83. The fraction of sp³-hybridized carbons (Fsp3) is 0. The number of nitrogens with zero attached hydrogens (tertiary/aromatic N) is 2. The molecule has 1 aromatic heterocycles. The average molecular weight is 190 g/mol. The maximum atomic E-state index is 3.97. The molecule has 0 atom stereocenters. The summed E-state index contributed by atoms with van der Waals surface area (Å²) >= 11 is 9.11. The fourth-order valence-corrected chi connectivity index (χ4v) is 0.886. The van der Waals surface area contributed by atoms with Crippen LogP contribution in [-0.2, 0) is 0 Å². The van der Waals surface area contributed by atoms with Gasteiger partial charge in [-0.25, -0.2) is 0 Å². The molecule has 0 saturated heterocycles. The van der Waals surface area contributed by atoms with Crippen molar-refractivity contribution in [2.45, 2.75) is 9.24 Å². The zero-order chi connectivity index (χ0) is 5.28. The third-order valence-electron chi connectivity index (χ3n) is 0.454. The Morgan fingerprint density at radius 1 is 1.38 bits per heavy atom. The van der Waals surface area contributed by atoms with E-state index in [1.807, 2.05) is 0 Å². The van der Waals surface area contributed by atoms with E-state index < -0.39 is 0 Å². The van der Waals surface area contributed by atoms with Gasteiger partial charge in [-0.3, -0.25) is 0 Å². The van der Waals surface area contributed by atoms with Crippen LogP contribution in [0.4, 0.5) is 0 Å². The van der Waals surface area contributed by atoms with Crippen molar-refractivity contribution in [3.05, 3.63) is 0 Å². The van der Waals surface area contributed by atoms with Crippen LogP contribution in [0.2, 0.25) is 0 Å². The SMILES string of the molecule is Sc1nnsc1S.[KH]. The van der Waals surface area contributed by atoms with Crippen LogP contribution >= 0.6 is 36.8 Å². The summed E-state index contributed by atoms with van der Waals surface area (Å²) in [6.07, 6.45) is 0. The van der Waals surface area contributed by atoms with Gasteiger partial charge in [0.1, 0.15) is 9.24 Å². The van der Waals surface area contributed by atoms with Crippen LogP contribution in [-0.4, -0.2) is 61.0 Å². The van der Waals surface area contributed by atoms with Gasteiger partial charge < -0.3 is 0 Å². The van der Waals surface area contributed by atoms with Crippen molar-refractivity contribution in [1.29, 1.82) is 0 Å². The van der Waals surface area contributed by atoms with Crippen molar-refractivity contribution in [2.24, 2.45) is 0 Å². The molecule has 0 saturated carbocycles. The molecule has 0 bridgehead atoms. The Bertz CT molecular complexity index is 148. The first-order chi connectivity index (χ1) is 3.30. The molecule has 1 heterocycles. The van der Waals surface area contributed by atoms with Gasteiger partial charge in [0.15, 0.2) is 0 Å². The molecule has 0 fully saturated rings. The number of hydrogen-bond donors (Lipinski definition) is 2. The van der Waals surface area contributed by atoms with E-state index >= 15 is 0 Å². The van der Waals surface area contributed by atoms with Gasteiger partial charge in [-0.1, -0.05) is 4.49 Å². The maximum absolute atomic E-state index is 3.97. The van der Waals surface area contributed by atoms with Crippen LogP contribution in [0, 0.1) is 0 Å². The first-order valence-electron chi connectivity index (χ1n) is 1.51. The van der Waals surface area contributed by atoms with Gasteiger partial charge in [0.2, 0.25) is 0 Å². The Hall–Kier alpha value is 1.90. The van der Waals surface area contributed by atoms with Gasteiger partial charge in [0.05, 0.1) is 0 Å². The normalized spacial score (nSPS) is 8.25. The molecule has 0 amide bonds. The molecule has 2 nitrogen and oxygen atoms in total. The Morgan fingerprint density at radius 2 is 2.00 bits per heavy atom. The monoisotopic (exact) mass is 190 g/mol. The summed E-state index contributed by atoms with van der Waals surface area (Å²) in [6, 6.07) is 0. The fourth-order valence-electron chi connectivity index (χ4n) is 0.181. The molecule has 0 spiro atoms. The molecule has 0 aliphatic rings. The third-order valence-corrected chi connectivity index (χ3v) is 2.08. The van der Waals surface area contributed by atoms with Crippen molar-refractivity contribution in [1.82, 2.24) is 9.59 Å². The minimum atomic E-state index is 0. The number of thiol groups is 2. The summed E-state index contributed by atoms with van der Waals surface area (Å²) in [5, 5.41) is 4.18. The molecule has 0 unspecified atom stereocenters. The molecule has 0 aliphatic carbocycles. The van der Waals surface area contributed by atoms with E-state index in [1.54, 1.807) is 0 Å². The number of rotatable bonds is 0. The van der Waals surface area contributed by atoms with Crippen LogP contribution in [0.1, 0.15) is 0 Å². The van der Waals surface area contributed by atoms with Crippen LogP contribution in [0.3, 0.4) is 0 Å². The summed E-state index contributed by atoms with van der Waals surface area (Å²) in [7, 11) is 0. The predicted octanol–water partition coefficient (Wildman–Crippen LogP) is 0.467. The van der Waals surface area contributed by atoms with Gasteiger partial charge in [-0.2, -0.15) is 0 Å². The average Bonchev–Trinajstić information content (AvgIpc) is 1.91. The minimum absolute atomic E-state index is 0. The molecular formula is C2H3KN2S3.